The van der Waals surface area contributed by atoms with E-state index in [-0.39, 0.29) is 6.10 Å². The lowest BCUT2D eigenvalue weighted by Crippen LogP contribution is -1.99. The molecule has 0 radical (unpaired) electrons. The van der Waals surface area contributed by atoms with Crippen molar-refractivity contribution in [1.29, 1.82) is 0 Å². The average Bonchev–Trinajstić information content (AvgIpc) is 1.66. The predicted octanol–water partition coefficient (Wildman–Crippen LogP) is 1.46. The lowest BCUT2D eigenvalue weighted by molar-refractivity contribution is 0.240. The Labute approximate surface area is 50.6 Å². The van der Waals surface area contributed by atoms with E-state index in [1.54, 1.807) is 0 Å². The number of rotatable bonds is 3. The molecule has 0 aliphatic carbocycles. The highest BCUT2D eigenvalue weighted by atomic mass is 16.5. The molecule has 0 aliphatic heterocycles. The van der Waals surface area contributed by atoms with Gasteiger partial charge in [0.1, 0.15) is 0 Å². The molecule has 8 heavy (non-hydrogen) atoms. The molecule has 0 aromatic carbocycles. The molecule has 0 amide bonds. The molecule has 0 aromatic heterocycles. The molecule has 0 unspecified atom stereocenters. The molecule has 0 rings (SSSR count). The lowest BCUT2D eigenvalue weighted by Gasteiger charge is -2.00. The second-order valence-corrected chi connectivity index (χ2v) is 1.79. The van der Waals surface area contributed by atoms with Gasteiger partial charge in [-0.2, -0.15) is 0 Å². The van der Waals surface area contributed by atoms with Crippen LogP contribution in [0.2, 0.25) is 0 Å². The SMILES string of the molecule is CCN=COC(C)C. The van der Waals surface area contributed by atoms with Crippen LogP contribution < -0.4 is 0 Å². The van der Waals surface area contributed by atoms with Gasteiger partial charge in [-0.15, -0.1) is 0 Å². The quantitative estimate of drug-likeness (QED) is 0.403. The Bertz CT molecular complexity index is 68.9. The zero-order valence-electron chi connectivity index (χ0n) is 5.72. The van der Waals surface area contributed by atoms with Crippen molar-refractivity contribution in [2.45, 2.75) is 26.9 Å². The first-order valence-corrected chi connectivity index (χ1v) is 2.91. The van der Waals surface area contributed by atoms with Crippen LogP contribution in [-0.4, -0.2) is 19.0 Å². The third-order valence-electron chi connectivity index (χ3n) is 0.590. The highest BCUT2D eigenvalue weighted by Gasteiger charge is 1.83. The Morgan fingerprint density at radius 2 is 2.25 bits per heavy atom. The predicted molar refractivity (Wildman–Crippen MR) is 35.3 cm³/mol. The molecule has 0 aliphatic rings. The standard InChI is InChI=1S/C6H13NO/c1-4-7-5-8-6(2)3/h5-6H,4H2,1-3H3. The van der Waals surface area contributed by atoms with E-state index in [2.05, 4.69) is 4.99 Å². The van der Waals surface area contributed by atoms with Crippen molar-refractivity contribution in [1.82, 2.24) is 0 Å². The second-order valence-electron chi connectivity index (χ2n) is 1.79. The molecule has 0 bridgehead atoms. The highest BCUT2D eigenvalue weighted by Crippen LogP contribution is 1.81. The van der Waals surface area contributed by atoms with Crippen molar-refractivity contribution in [3.05, 3.63) is 0 Å². The summed E-state index contributed by atoms with van der Waals surface area (Å²) in [5, 5.41) is 0. The fourth-order valence-electron chi connectivity index (χ4n) is 0.239. The fourth-order valence-corrected chi connectivity index (χ4v) is 0.239. The topological polar surface area (TPSA) is 21.6 Å². The number of hydrogen-bond acceptors (Lipinski definition) is 2. The summed E-state index contributed by atoms with van der Waals surface area (Å²) >= 11 is 0. The molecule has 0 saturated heterocycles. The normalized spacial score (nSPS) is 11.0. The molecule has 2 heteroatoms. The first-order valence-electron chi connectivity index (χ1n) is 2.91. The van der Waals surface area contributed by atoms with Gasteiger partial charge in [0, 0.05) is 6.54 Å². The van der Waals surface area contributed by atoms with Crippen LogP contribution >= 0.6 is 0 Å². The van der Waals surface area contributed by atoms with Crippen LogP contribution in [0.3, 0.4) is 0 Å². The Balaban J connectivity index is 3.03. The van der Waals surface area contributed by atoms with Gasteiger partial charge < -0.3 is 4.74 Å². The minimum absolute atomic E-state index is 0.255. The summed E-state index contributed by atoms with van der Waals surface area (Å²) in [4.78, 5) is 3.86. The molecule has 0 atom stereocenters. The van der Waals surface area contributed by atoms with Crippen molar-refractivity contribution in [3.8, 4) is 0 Å². The minimum Gasteiger partial charge on any atom is -0.481 e. The Kier molecular flexibility index (Phi) is 4.32. The molecular formula is C6H13NO. The van der Waals surface area contributed by atoms with Crippen LogP contribution in [0.4, 0.5) is 0 Å². The third-order valence-corrected chi connectivity index (χ3v) is 0.590. The summed E-state index contributed by atoms with van der Waals surface area (Å²) in [6.07, 6.45) is 1.76. The second kappa shape index (κ2) is 4.62. The van der Waals surface area contributed by atoms with Crippen LogP contribution in [0, 0.1) is 0 Å². The van der Waals surface area contributed by atoms with E-state index in [4.69, 9.17) is 4.74 Å². The summed E-state index contributed by atoms with van der Waals surface area (Å²) in [6.45, 7) is 6.72. The van der Waals surface area contributed by atoms with Gasteiger partial charge in [0.05, 0.1) is 6.10 Å². The van der Waals surface area contributed by atoms with Gasteiger partial charge in [-0.3, -0.25) is 4.99 Å². The largest absolute Gasteiger partial charge is 0.481 e. The number of hydrogen-bond donors (Lipinski definition) is 0. The fraction of sp³-hybridized carbons (Fsp3) is 0.833. The van der Waals surface area contributed by atoms with Gasteiger partial charge in [-0.25, -0.2) is 0 Å². The Morgan fingerprint density at radius 3 is 2.62 bits per heavy atom. The first-order chi connectivity index (χ1) is 3.77. The van der Waals surface area contributed by atoms with Gasteiger partial charge >= 0.3 is 0 Å². The van der Waals surface area contributed by atoms with Crippen molar-refractivity contribution >= 4 is 6.40 Å². The third kappa shape index (κ3) is 5.47. The first kappa shape index (κ1) is 7.47. The summed E-state index contributed by atoms with van der Waals surface area (Å²) in [5.74, 6) is 0. The van der Waals surface area contributed by atoms with Crippen molar-refractivity contribution < 1.29 is 4.74 Å². The molecule has 48 valence electrons. The zero-order valence-corrected chi connectivity index (χ0v) is 5.72. The van der Waals surface area contributed by atoms with Crippen molar-refractivity contribution in [2.24, 2.45) is 4.99 Å². The number of ether oxygens (including phenoxy) is 1. The molecule has 0 saturated carbocycles. The molecule has 0 fully saturated rings. The maximum Gasteiger partial charge on any atom is 0.169 e. The molecule has 0 spiro atoms. The monoisotopic (exact) mass is 115 g/mol. The van der Waals surface area contributed by atoms with Gasteiger partial charge in [0.15, 0.2) is 6.40 Å². The van der Waals surface area contributed by atoms with E-state index in [9.17, 15) is 0 Å². The maximum absolute atomic E-state index is 4.99. The molecule has 0 heterocycles. The van der Waals surface area contributed by atoms with Crippen molar-refractivity contribution in [2.75, 3.05) is 6.54 Å². The van der Waals surface area contributed by atoms with Crippen LogP contribution in [0.25, 0.3) is 0 Å². The Morgan fingerprint density at radius 1 is 1.62 bits per heavy atom. The molecule has 0 aromatic rings. The maximum atomic E-state index is 4.99. The average molecular weight is 115 g/mol. The number of nitrogens with zero attached hydrogens (tertiary/aromatic N) is 1. The summed E-state index contributed by atoms with van der Waals surface area (Å²) in [5.41, 5.74) is 0. The molecular weight excluding hydrogens is 102 g/mol. The van der Waals surface area contributed by atoms with Crippen LogP contribution in [-0.2, 0) is 4.74 Å². The van der Waals surface area contributed by atoms with E-state index >= 15 is 0 Å². The van der Waals surface area contributed by atoms with Gasteiger partial charge in [-0.05, 0) is 20.8 Å². The smallest absolute Gasteiger partial charge is 0.169 e. The van der Waals surface area contributed by atoms with E-state index in [1.165, 1.54) is 6.40 Å². The van der Waals surface area contributed by atoms with E-state index in [0.29, 0.717) is 0 Å². The van der Waals surface area contributed by atoms with Gasteiger partial charge in [-0.1, -0.05) is 0 Å². The van der Waals surface area contributed by atoms with Crippen LogP contribution in [0.15, 0.2) is 4.99 Å². The molecule has 2 nitrogen and oxygen atoms in total. The van der Waals surface area contributed by atoms with Crippen LogP contribution in [0.1, 0.15) is 20.8 Å². The van der Waals surface area contributed by atoms with Crippen molar-refractivity contribution in [3.63, 3.8) is 0 Å². The van der Waals surface area contributed by atoms with E-state index in [1.807, 2.05) is 20.8 Å². The summed E-state index contributed by atoms with van der Waals surface area (Å²) in [6, 6.07) is 0. The van der Waals surface area contributed by atoms with Crippen LogP contribution in [0.5, 0.6) is 0 Å². The lowest BCUT2D eigenvalue weighted by atomic mass is 10.5. The van der Waals surface area contributed by atoms with Gasteiger partial charge in [0.2, 0.25) is 0 Å². The highest BCUT2D eigenvalue weighted by molar-refractivity contribution is 5.46. The van der Waals surface area contributed by atoms with Gasteiger partial charge in [0.25, 0.3) is 0 Å². The number of aliphatic imine (C=N–C) groups is 1. The summed E-state index contributed by atoms with van der Waals surface area (Å²) in [7, 11) is 0. The van der Waals surface area contributed by atoms with E-state index < -0.39 is 0 Å². The molecule has 0 N–H and O–H groups in total. The Hall–Kier alpha value is -0.530. The minimum atomic E-state index is 0.255. The summed E-state index contributed by atoms with van der Waals surface area (Å²) < 4.78 is 4.99. The van der Waals surface area contributed by atoms with E-state index in [0.717, 1.165) is 6.54 Å². The zero-order chi connectivity index (χ0) is 6.41.